The van der Waals surface area contributed by atoms with Crippen LogP contribution in [0.25, 0.3) is 22.0 Å². The molecule has 128 valence electrons. The Kier molecular flexibility index (Phi) is 3.97. The lowest BCUT2D eigenvalue weighted by Gasteiger charge is -2.11. The van der Waals surface area contributed by atoms with Crippen LogP contribution in [0.4, 0.5) is 5.69 Å². The van der Waals surface area contributed by atoms with Gasteiger partial charge >= 0.3 is 0 Å². The SMILES string of the molecule is Cc1ccc(NC(=O)c2ccccc2)cc1-c1cncc2c1cnn2C. The summed E-state index contributed by atoms with van der Waals surface area (Å²) >= 11 is 0. The molecule has 0 atom stereocenters. The number of aryl methyl sites for hydroxylation is 2. The maximum atomic E-state index is 12.4. The van der Waals surface area contributed by atoms with Gasteiger partial charge in [-0.3, -0.25) is 14.5 Å². The van der Waals surface area contributed by atoms with Crippen molar-refractivity contribution >= 4 is 22.5 Å². The average molecular weight is 342 g/mol. The minimum Gasteiger partial charge on any atom is -0.322 e. The largest absolute Gasteiger partial charge is 0.322 e. The van der Waals surface area contributed by atoms with E-state index in [2.05, 4.69) is 15.4 Å². The molecule has 2 aromatic carbocycles. The molecule has 0 radical (unpaired) electrons. The van der Waals surface area contributed by atoms with E-state index in [1.54, 1.807) is 12.1 Å². The van der Waals surface area contributed by atoms with Gasteiger partial charge in [0.15, 0.2) is 0 Å². The van der Waals surface area contributed by atoms with Crippen LogP contribution in [0.3, 0.4) is 0 Å². The molecule has 0 fully saturated rings. The van der Waals surface area contributed by atoms with Crippen molar-refractivity contribution in [3.05, 3.63) is 78.2 Å². The number of pyridine rings is 1. The van der Waals surface area contributed by atoms with Crippen molar-refractivity contribution < 1.29 is 4.79 Å². The smallest absolute Gasteiger partial charge is 0.255 e. The van der Waals surface area contributed by atoms with E-state index >= 15 is 0 Å². The summed E-state index contributed by atoms with van der Waals surface area (Å²) in [6.45, 7) is 2.05. The van der Waals surface area contributed by atoms with E-state index in [0.717, 1.165) is 33.3 Å². The Bertz CT molecular complexity index is 1100. The second-order valence-corrected chi connectivity index (χ2v) is 6.24. The maximum absolute atomic E-state index is 12.4. The van der Waals surface area contributed by atoms with Gasteiger partial charge in [-0.15, -0.1) is 0 Å². The zero-order valence-electron chi connectivity index (χ0n) is 14.6. The van der Waals surface area contributed by atoms with Crippen molar-refractivity contribution in [3.63, 3.8) is 0 Å². The summed E-state index contributed by atoms with van der Waals surface area (Å²) in [6.07, 6.45) is 5.50. The molecule has 5 nitrogen and oxygen atoms in total. The summed E-state index contributed by atoms with van der Waals surface area (Å²) in [5.74, 6) is -0.127. The summed E-state index contributed by atoms with van der Waals surface area (Å²) in [5.41, 5.74) is 5.50. The number of aromatic nitrogens is 3. The summed E-state index contributed by atoms with van der Waals surface area (Å²) < 4.78 is 1.81. The number of nitrogens with one attached hydrogen (secondary N) is 1. The van der Waals surface area contributed by atoms with E-state index in [4.69, 9.17) is 0 Å². The van der Waals surface area contributed by atoms with Crippen LogP contribution < -0.4 is 5.32 Å². The molecule has 4 rings (SSSR count). The van der Waals surface area contributed by atoms with Gasteiger partial charge < -0.3 is 5.32 Å². The first-order chi connectivity index (χ1) is 12.6. The van der Waals surface area contributed by atoms with Crippen LogP contribution in [0, 0.1) is 6.92 Å². The number of nitrogens with zero attached hydrogens (tertiary/aromatic N) is 3. The molecule has 0 aliphatic rings. The number of carbonyl (C=O) groups is 1. The fourth-order valence-corrected chi connectivity index (χ4v) is 3.06. The molecular formula is C21H18N4O. The third kappa shape index (κ3) is 2.84. The minimum absolute atomic E-state index is 0.127. The van der Waals surface area contributed by atoms with E-state index in [0.29, 0.717) is 5.56 Å². The van der Waals surface area contributed by atoms with Gasteiger partial charge in [0.2, 0.25) is 0 Å². The van der Waals surface area contributed by atoms with Crippen LogP contribution in [0.2, 0.25) is 0 Å². The number of carbonyl (C=O) groups excluding carboxylic acids is 1. The van der Waals surface area contributed by atoms with Crippen molar-refractivity contribution in [2.45, 2.75) is 6.92 Å². The molecule has 0 saturated carbocycles. The predicted molar refractivity (Wildman–Crippen MR) is 103 cm³/mol. The van der Waals surface area contributed by atoms with Crippen LogP contribution in [0.5, 0.6) is 0 Å². The van der Waals surface area contributed by atoms with Gasteiger partial charge in [-0.2, -0.15) is 5.10 Å². The Balaban J connectivity index is 1.74. The lowest BCUT2D eigenvalue weighted by molar-refractivity contribution is 0.102. The molecule has 2 heterocycles. The van der Waals surface area contributed by atoms with Crippen molar-refractivity contribution in [1.82, 2.24) is 14.8 Å². The highest BCUT2D eigenvalue weighted by atomic mass is 16.1. The van der Waals surface area contributed by atoms with Gasteiger partial charge in [-0.1, -0.05) is 24.3 Å². The van der Waals surface area contributed by atoms with Crippen LogP contribution in [0.15, 0.2) is 67.1 Å². The van der Waals surface area contributed by atoms with E-state index in [1.165, 1.54) is 0 Å². The lowest BCUT2D eigenvalue weighted by atomic mass is 9.99. The van der Waals surface area contributed by atoms with Crippen LogP contribution in [0.1, 0.15) is 15.9 Å². The average Bonchev–Trinajstić information content (AvgIpc) is 3.05. The van der Waals surface area contributed by atoms with Gasteiger partial charge in [0.05, 0.1) is 17.9 Å². The second-order valence-electron chi connectivity index (χ2n) is 6.24. The molecule has 1 N–H and O–H groups in total. The molecule has 2 aromatic heterocycles. The fraction of sp³-hybridized carbons (Fsp3) is 0.0952. The monoisotopic (exact) mass is 342 g/mol. The van der Waals surface area contributed by atoms with Crippen LogP contribution in [-0.2, 0) is 7.05 Å². The molecule has 0 saturated heterocycles. The Morgan fingerprint density at radius 1 is 1.00 bits per heavy atom. The van der Waals surface area contributed by atoms with Gasteiger partial charge in [-0.05, 0) is 42.3 Å². The van der Waals surface area contributed by atoms with Crippen LogP contribution in [-0.4, -0.2) is 20.7 Å². The van der Waals surface area contributed by atoms with E-state index in [1.807, 2.05) is 73.6 Å². The number of rotatable bonds is 3. The standard InChI is InChI=1S/C21H18N4O/c1-14-8-9-16(24-21(26)15-6-4-3-5-7-15)10-17(14)18-11-22-13-20-19(18)12-23-25(20)2/h3-13H,1-2H3,(H,24,26). The quantitative estimate of drug-likeness (QED) is 0.607. The number of hydrogen-bond acceptors (Lipinski definition) is 3. The number of anilines is 1. The molecule has 5 heteroatoms. The highest BCUT2D eigenvalue weighted by Crippen LogP contribution is 2.31. The first kappa shape index (κ1) is 16.0. The molecule has 0 bridgehead atoms. The molecule has 0 aliphatic carbocycles. The Labute approximate surface area is 151 Å². The molecule has 4 aromatic rings. The molecule has 0 aliphatic heterocycles. The van der Waals surface area contributed by atoms with E-state index < -0.39 is 0 Å². The predicted octanol–water partition coefficient (Wildman–Crippen LogP) is 4.20. The third-order valence-corrected chi connectivity index (χ3v) is 4.50. The summed E-state index contributed by atoms with van der Waals surface area (Å²) in [7, 11) is 1.90. The number of amides is 1. The summed E-state index contributed by atoms with van der Waals surface area (Å²) in [5, 5.41) is 8.34. The Morgan fingerprint density at radius 3 is 2.62 bits per heavy atom. The first-order valence-electron chi connectivity index (χ1n) is 8.36. The van der Waals surface area contributed by atoms with Crippen molar-refractivity contribution in [2.75, 3.05) is 5.32 Å². The first-order valence-corrected chi connectivity index (χ1v) is 8.36. The molecule has 26 heavy (non-hydrogen) atoms. The van der Waals surface area contributed by atoms with Gasteiger partial charge in [0, 0.05) is 35.4 Å². The van der Waals surface area contributed by atoms with Crippen molar-refractivity contribution in [1.29, 1.82) is 0 Å². The molecule has 0 spiro atoms. The zero-order valence-corrected chi connectivity index (χ0v) is 14.6. The second kappa shape index (κ2) is 6.44. The third-order valence-electron chi connectivity index (χ3n) is 4.50. The van der Waals surface area contributed by atoms with Crippen molar-refractivity contribution in [2.24, 2.45) is 7.05 Å². The highest BCUT2D eigenvalue weighted by Gasteiger charge is 2.12. The van der Waals surface area contributed by atoms with Gasteiger partial charge in [-0.25, -0.2) is 0 Å². The highest BCUT2D eigenvalue weighted by molar-refractivity contribution is 6.05. The Hall–Kier alpha value is -3.47. The van der Waals surface area contributed by atoms with Gasteiger partial charge in [0.25, 0.3) is 5.91 Å². The molecule has 1 amide bonds. The maximum Gasteiger partial charge on any atom is 0.255 e. The lowest BCUT2D eigenvalue weighted by Crippen LogP contribution is -2.11. The zero-order chi connectivity index (χ0) is 18.1. The minimum atomic E-state index is -0.127. The van der Waals surface area contributed by atoms with Crippen LogP contribution >= 0.6 is 0 Å². The normalized spacial score (nSPS) is 10.8. The molecular weight excluding hydrogens is 324 g/mol. The van der Waals surface area contributed by atoms with E-state index in [9.17, 15) is 4.79 Å². The molecule has 0 unspecified atom stereocenters. The fourth-order valence-electron chi connectivity index (χ4n) is 3.06. The van der Waals surface area contributed by atoms with Gasteiger partial charge in [0.1, 0.15) is 0 Å². The number of benzene rings is 2. The topological polar surface area (TPSA) is 59.8 Å². The summed E-state index contributed by atoms with van der Waals surface area (Å²) in [6, 6.07) is 15.1. The summed E-state index contributed by atoms with van der Waals surface area (Å²) in [4.78, 5) is 16.8. The number of fused-ring (bicyclic) bond motifs is 1. The Morgan fingerprint density at radius 2 is 1.81 bits per heavy atom. The number of hydrogen-bond donors (Lipinski definition) is 1. The van der Waals surface area contributed by atoms with Crippen molar-refractivity contribution in [3.8, 4) is 11.1 Å². The van der Waals surface area contributed by atoms with E-state index in [-0.39, 0.29) is 5.91 Å².